The van der Waals surface area contributed by atoms with E-state index in [4.69, 9.17) is 16.6 Å². The van der Waals surface area contributed by atoms with Crippen molar-refractivity contribution >= 4 is 47.4 Å². The van der Waals surface area contributed by atoms with Crippen LogP contribution in [0.3, 0.4) is 0 Å². The number of hydrogen-bond acceptors (Lipinski definition) is 11. The van der Waals surface area contributed by atoms with Crippen molar-refractivity contribution in [2.24, 2.45) is 17.4 Å². The molecule has 0 radical (unpaired) electrons. The van der Waals surface area contributed by atoms with Gasteiger partial charge in [-0.25, -0.2) is 4.79 Å². The first-order valence-electron chi connectivity index (χ1n) is 15.1. The first-order valence-corrected chi connectivity index (χ1v) is 15.1. The van der Waals surface area contributed by atoms with Crippen molar-refractivity contribution in [3.05, 3.63) is 0 Å². The number of likely N-dealkylation sites (tertiary alicyclic amines) is 1. The van der Waals surface area contributed by atoms with Crippen LogP contribution in [0.15, 0.2) is 0 Å². The highest BCUT2D eigenvalue weighted by atomic mass is 16.4. The van der Waals surface area contributed by atoms with Gasteiger partial charge in [0.15, 0.2) is 6.04 Å². The molecule has 0 saturated carbocycles. The number of carboxylic acid groups (broad SMARTS) is 2. The average molecular weight is 674 g/mol. The summed E-state index contributed by atoms with van der Waals surface area (Å²) >= 11 is 0. The van der Waals surface area contributed by atoms with Gasteiger partial charge in [0.25, 0.3) is 0 Å². The second-order valence-electron chi connectivity index (χ2n) is 11.8. The van der Waals surface area contributed by atoms with Crippen LogP contribution >= 0.6 is 0 Å². The summed E-state index contributed by atoms with van der Waals surface area (Å²) in [5, 5.41) is 47.9. The zero-order valence-electron chi connectivity index (χ0n) is 26.8. The molecule has 0 aromatic rings. The van der Waals surface area contributed by atoms with Gasteiger partial charge in [0.2, 0.25) is 35.4 Å². The fourth-order valence-electron chi connectivity index (χ4n) is 4.78. The lowest BCUT2D eigenvalue weighted by molar-refractivity contribution is -0.146. The zero-order valence-corrected chi connectivity index (χ0v) is 26.8. The van der Waals surface area contributed by atoms with E-state index in [9.17, 15) is 53.7 Å². The molecular weight excluding hydrogens is 626 g/mol. The number of nitrogens with two attached hydrogens (primary N) is 2. The number of amides is 6. The number of hydrogen-bond donors (Lipinski definition) is 10. The Labute approximate surface area is 271 Å². The maximum Gasteiger partial charge on any atom is 0.328 e. The van der Waals surface area contributed by atoms with Crippen LogP contribution in [0.4, 0.5) is 0 Å². The van der Waals surface area contributed by atoms with Crippen molar-refractivity contribution < 1.29 is 58.8 Å². The zero-order chi connectivity index (χ0) is 36.2. The minimum absolute atomic E-state index is 0.0333. The van der Waals surface area contributed by atoms with E-state index < -0.39 is 115 Å². The fraction of sp³-hybridized carbons (Fsp3) is 0.714. The van der Waals surface area contributed by atoms with Crippen LogP contribution in [-0.2, 0) is 38.4 Å². The van der Waals surface area contributed by atoms with Gasteiger partial charge >= 0.3 is 11.9 Å². The SMILES string of the molecule is CC(C)[C@H](NC(=O)[C@@H]1CCCN1C(=O)[C@@H](NC(=O)[C@H](CCC(=O)O)NC(=O)[C@@H](N)CCC(N)=O)[C@@H](C)O)C(=O)N[C@H](C(=O)O)[C@@H](C)O. The largest absolute Gasteiger partial charge is 0.481 e. The maximum absolute atomic E-state index is 13.6. The molecule has 1 aliphatic rings. The number of aliphatic carboxylic acids is 2. The standard InChI is InChI=1S/C28H47N7O12/c1-12(2)20(26(44)34-22(14(4)37)28(46)47)32-25(43)17-6-5-11-35(17)27(45)21(13(3)36)33-24(42)16(8-10-19(39)40)31-23(41)15(29)7-9-18(30)38/h12-17,20-22,36-37H,5-11,29H2,1-4H3,(H2,30,38)(H,31,41)(H,32,43)(H,33,42)(H,34,44)(H,39,40)(H,46,47)/t13-,14-,15+,16+,17+,20+,21+,22+/m1/s1. The molecule has 1 fully saturated rings. The number of nitrogens with zero attached hydrogens (tertiary/aromatic N) is 1. The molecule has 8 atom stereocenters. The Hall–Kier alpha value is -4.36. The Balaban J connectivity index is 3.13. The summed E-state index contributed by atoms with van der Waals surface area (Å²) in [6.45, 7) is 5.57. The second-order valence-corrected chi connectivity index (χ2v) is 11.8. The summed E-state index contributed by atoms with van der Waals surface area (Å²) in [5.74, 6) is -8.47. The Morgan fingerprint density at radius 3 is 1.83 bits per heavy atom. The summed E-state index contributed by atoms with van der Waals surface area (Å²) in [6.07, 6.45) is -3.83. The van der Waals surface area contributed by atoms with Gasteiger partial charge in [-0.05, 0) is 45.4 Å². The molecule has 0 bridgehead atoms. The van der Waals surface area contributed by atoms with Crippen LogP contribution in [-0.4, -0.2) is 128 Å². The van der Waals surface area contributed by atoms with E-state index in [1.165, 1.54) is 13.8 Å². The third-order valence-corrected chi connectivity index (χ3v) is 7.50. The molecule has 1 saturated heterocycles. The van der Waals surface area contributed by atoms with Crippen LogP contribution in [0.25, 0.3) is 0 Å². The first-order chi connectivity index (χ1) is 21.8. The van der Waals surface area contributed by atoms with Crippen molar-refractivity contribution in [3.8, 4) is 0 Å². The molecule has 6 amide bonds. The first kappa shape index (κ1) is 40.7. The molecule has 19 nitrogen and oxygen atoms in total. The summed E-state index contributed by atoms with van der Waals surface area (Å²) in [5.41, 5.74) is 10.8. The number of aliphatic hydroxyl groups excluding tert-OH is 2. The number of carbonyl (C=O) groups is 8. The Bertz CT molecular complexity index is 1180. The van der Waals surface area contributed by atoms with E-state index >= 15 is 0 Å². The van der Waals surface area contributed by atoms with Gasteiger partial charge in [-0.3, -0.25) is 33.6 Å². The third kappa shape index (κ3) is 12.7. The minimum Gasteiger partial charge on any atom is -0.481 e. The smallest absolute Gasteiger partial charge is 0.328 e. The molecule has 1 rings (SSSR count). The molecule has 1 heterocycles. The van der Waals surface area contributed by atoms with Crippen LogP contribution in [0.2, 0.25) is 0 Å². The number of primary amides is 1. The maximum atomic E-state index is 13.6. The summed E-state index contributed by atoms with van der Waals surface area (Å²) < 4.78 is 0. The van der Waals surface area contributed by atoms with E-state index in [0.717, 1.165) is 4.90 Å². The summed E-state index contributed by atoms with van der Waals surface area (Å²) in [7, 11) is 0. The molecule has 47 heavy (non-hydrogen) atoms. The molecule has 0 spiro atoms. The van der Waals surface area contributed by atoms with E-state index in [0.29, 0.717) is 6.42 Å². The number of aliphatic hydroxyl groups is 2. The van der Waals surface area contributed by atoms with Gasteiger partial charge in [-0.1, -0.05) is 13.8 Å². The van der Waals surface area contributed by atoms with Crippen LogP contribution in [0, 0.1) is 5.92 Å². The highest BCUT2D eigenvalue weighted by Crippen LogP contribution is 2.20. The number of rotatable bonds is 19. The Morgan fingerprint density at radius 1 is 0.766 bits per heavy atom. The molecule has 1 aliphatic heterocycles. The molecule has 0 aromatic heterocycles. The number of carboxylic acids is 2. The highest BCUT2D eigenvalue weighted by molar-refractivity contribution is 5.97. The van der Waals surface area contributed by atoms with E-state index in [1.54, 1.807) is 13.8 Å². The van der Waals surface area contributed by atoms with E-state index in [-0.39, 0.29) is 25.8 Å². The predicted molar refractivity (Wildman–Crippen MR) is 162 cm³/mol. The molecular formula is C28H47N7O12. The molecule has 0 aromatic carbocycles. The molecule has 266 valence electrons. The van der Waals surface area contributed by atoms with Crippen molar-refractivity contribution in [2.45, 2.75) is 115 Å². The van der Waals surface area contributed by atoms with E-state index in [1.807, 2.05) is 0 Å². The summed E-state index contributed by atoms with van der Waals surface area (Å²) in [4.78, 5) is 100. The molecule has 0 aliphatic carbocycles. The number of nitrogens with one attached hydrogen (secondary N) is 4. The lowest BCUT2D eigenvalue weighted by Crippen LogP contribution is -2.61. The van der Waals surface area contributed by atoms with Gasteiger partial charge in [0.05, 0.1) is 18.2 Å². The van der Waals surface area contributed by atoms with Crippen LogP contribution < -0.4 is 32.7 Å². The average Bonchev–Trinajstić information content (AvgIpc) is 3.46. The Morgan fingerprint density at radius 2 is 1.34 bits per heavy atom. The van der Waals surface area contributed by atoms with Crippen LogP contribution in [0.1, 0.15) is 66.2 Å². The van der Waals surface area contributed by atoms with Crippen molar-refractivity contribution in [1.29, 1.82) is 0 Å². The van der Waals surface area contributed by atoms with Crippen molar-refractivity contribution in [3.63, 3.8) is 0 Å². The lowest BCUT2D eigenvalue weighted by Gasteiger charge is -2.32. The van der Waals surface area contributed by atoms with Gasteiger partial charge < -0.3 is 58.1 Å². The lowest BCUT2D eigenvalue weighted by atomic mass is 10.0. The molecule has 0 unspecified atom stereocenters. The predicted octanol–water partition coefficient (Wildman–Crippen LogP) is -4.12. The summed E-state index contributed by atoms with van der Waals surface area (Å²) in [6, 6.07) is -8.45. The Kier molecular flexibility index (Phi) is 16.2. The van der Waals surface area contributed by atoms with E-state index in [2.05, 4.69) is 21.3 Å². The van der Waals surface area contributed by atoms with Gasteiger partial charge in [0.1, 0.15) is 24.2 Å². The third-order valence-electron chi connectivity index (χ3n) is 7.50. The topological polar surface area (TPSA) is 321 Å². The monoisotopic (exact) mass is 673 g/mol. The highest BCUT2D eigenvalue weighted by Gasteiger charge is 2.41. The minimum atomic E-state index is -1.64. The van der Waals surface area contributed by atoms with Crippen LogP contribution in [0.5, 0.6) is 0 Å². The van der Waals surface area contributed by atoms with Gasteiger partial charge in [-0.2, -0.15) is 0 Å². The normalized spacial score (nSPS) is 18.9. The fourth-order valence-corrected chi connectivity index (χ4v) is 4.78. The number of carbonyl (C=O) groups excluding carboxylic acids is 6. The van der Waals surface area contributed by atoms with Gasteiger partial charge in [0, 0.05) is 19.4 Å². The quantitative estimate of drug-likeness (QED) is 0.0624. The van der Waals surface area contributed by atoms with Crippen molar-refractivity contribution in [2.75, 3.05) is 6.54 Å². The molecule has 12 N–H and O–H groups in total. The van der Waals surface area contributed by atoms with Crippen molar-refractivity contribution in [1.82, 2.24) is 26.2 Å². The second kappa shape index (κ2) is 18.7. The van der Waals surface area contributed by atoms with Gasteiger partial charge in [-0.15, -0.1) is 0 Å². The molecule has 19 heteroatoms.